The Kier molecular flexibility index (Phi) is 3.25. The van der Waals surface area contributed by atoms with Gasteiger partial charge >= 0.3 is 5.97 Å². The van der Waals surface area contributed by atoms with Gasteiger partial charge in [0.2, 0.25) is 0 Å². The molecule has 0 amide bonds. The summed E-state index contributed by atoms with van der Waals surface area (Å²) in [5, 5.41) is 16.1. The monoisotopic (exact) mass is 285 g/mol. The summed E-state index contributed by atoms with van der Waals surface area (Å²) in [5.41, 5.74) is 0. The number of carboxylic acids is 1. The molecule has 0 radical (unpaired) electrons. The van der Waals surface area contributed by atoms with Crippen molar-refractivity contribution in [1.29, 1.82) is 0 Å². The van der Waals surface area contributed by atoms with Crippen LogP contribution in [0.3, 0.4) is 0 Å². The summed E-state index contributed by atoms with van der Waals surface area (Å²) in [6, 6.07) is 1.50. The number of nitrogens with one attached hydrogen (secondary N) is 1. The molecular formula is C9H11N5O4S. The van der Waals surface area contributed by atoms with E-state index in [4.69, 9.17) is 5.11 Å². The van der Waals surface area contributed by atoms with Crippen molar-refractivity contribution in [2.75, 3.05) is 4.72 Å². The number of carboxylic acid groups (broad SMARTS) is 1. The molecule has 2 heterocycles. The van der Waals surface area contributed by atoms with Crippen LogP contribution in [0.4, 0.5) is 5.82 Å². The van der Waals surface area contributed by atoms with Crippen LogP contribution in [0.1, 0.15) is 0 Å². The van der Waals surface area contributed by atoms with E-state index in [0.29, 0.717) is 0 Å². The first-order chi connectivity index (χ1) is 8.87. The number of hydrogen-bond donors (Lipinski definition) is 2. The Morgan fingerprint density at radius 1 is 1.53 bits per heavy atom. The highest BCUT2D eigenvalue weighted by Crippen LogP contribution is 2.13. The van der Waals surface area contributed by atoms with Crippen molar-refractivity contribution in [3.05, 3.63) is 24.7 Å². The van der Waals surface area contributed by atoms with Gasteiger partial charge in [-0.15, -0.1) is 0 Å². The van der Waals surface area contributed by atoms with Gasteiger partial charge < -0.3 is 5.11 Å². The molecule has 102 valence electrons. The van der Waals surface area contributed by atoms with Crippen molar-refractivity contribution in [3.63, 3.8) is 0 Å². The van der Waals surface area contributed by atoms with Gasteiger partial charge in [-0.25, -0.2) is 8.42 Å². The fourth-order valence-corrected chi connectivity index (χ4v) is 2.32. The van der Waals surface area contributed by atoms with Crippen molar-refractivity contribution in [2.24, 2.45) is 7.05 Å². The van der Waals surface area contributed by atoms with E-state index in [1.165, 1.54) is 10.7 Å². The standard InChI is InChI=1S/C9H11N5O4S/c1-13-3-2-8(11-13)12-19(17,18)7-4-10-14(5-7)6-9(15)16/h2-5H,6H2,1H3,(H,11,12)(H,15,16). The van der Waals surface area contributed by atoms with Crippen LogP contribution in [0, 0.1) is 0 Å². The molecule has 0 aromatic carbocycles. The van der Waals surface area contributed by atoms with E-state index in [0.717, 1.165) is 17.1 Å². The van der Waals surface area contributed by atoms with Crippen LogP contribution < -0.4 is 4.72 Å². The molecule has 0 aliphatic carbocycles. The quantitative estimate of drug-likeness (QED) is 0.764. The molecule has 0 unspecified atom stereocenters. The van der Waals surface area contributed by atoms with Crippen molar-refractivity contribution < 1.29 is 18.3 Å². The Balaban J connectivity index is 2.19. The van der Waals surface area contributed by atoms with Crippen LogP contribution in [0.5, 0.6) is 0 Å². The molecule has 0 fully saturated rings. The molecule has 19 heavy (non-hydrogen) atoms. The number of hydrogen-bond acceptors (Lipinski definition) is 5. The van der Waals surface area contributed by atoms with Gasteiger partial charge in [0.25, 0.3) is 10.0 Å². The summed E-state index contributed by atoms with van der Waals surface area (Å²) in [7, 11) is -2.16. The van der Waals surface area contributed by atoms with E-state index >= 15 is 0 Å². The minimum atomic E-state index is -3.82. The lowest BCUT2D eigenvalue weighted by Crippen LogP contribution is -2.13. The zero-order chi connectivity index (χ0) is 14.0. The van der Waals surface area contributed by atoms with Crippen LogP contribution in [0.25, 0.3) is 0 Å². The van der Waals surface area contributed by atoms with Gasteiger partial charge in [-0.3, -0.25) is 18.9 Å². The number of nitrogens with zero attached hydrogens (tertiary/aromatic N) is 4. The second kappa shape index (κ2) is 4.72. The van der Waals surface area contributed by atoms with Gasteiger partial charge in [0.15, 0.2) is 5.82 Å². The van der Waals surface area contributed by atoms with Gasteiger partial charge in [-0.05, 0) is 0 Å². The van der Waals surface area contributed by atoms with E-state index in [1.54, 1.807) is 13.2 Å². The van der Waals surface area contributed by atoms with Crippen molar-refractivity contribution >= 4 is 21.8 Å². The van der Waals surface area contributed by atoms with E-state index < -0.39 is 22.5 Å². The minimum absolute atomic E-state index is 0.126. The lowest BCUT2D eigenvalue weighted by molar-refractivity contribution is -0.137. The molecule has 0 bridgehead atoms. The molecule has 2 aromatic rings. The number of aliphatic carboxylic acids is 1. The zero-order valence-electron chi connectivity index (χ0n) is 9.89. The Hall–Kier alpha value is -2.36. The summed E-state index contributed by atoms with van der Waals surface area (Å²) in [6.07, 6.45) is 3.80. The fraction of sp³-hybridized carbons (Fsp3) is 0.222. The highest BCUT2D eigenvalue weighted by molar-refractivity contribution is 7.92. The smallest absolute Gasteiger partial charge is 0.325 e. The van der Waals surface area contributed by atoms with Crippen LogP contribution in [0.15, 0.2) is 29.6 Å². The molecule has 2 N–H and O–H groups in total. The largest absolute Gasteiger partial charge is 0.480 e. The summed E-state index contributed by atoms with van der Waals surface area (Å²) >= 11 is 0. The van der Waals surface area contributed by atoms with Gasteiger partial charge in [0, 0.05) is 25.5 Å². The maximum absolute atomic E-state index is 11.9. The number of anilines is 1. The van der Waals surface area contributed by atoms with Gasteiger partial charge in [0.1, 0.15) is 11.4 Å². The molecule has 2 aromatic heterocycles. The first kappa shape index (κ1) is 13.1. The molecule has 0 aliphatic rings. The second-order valence-corrected chi connectivity index (χ2v) is 5.43. The molecule has 0 spiro atoms. The summed E-state index contributed by atoms with van der Waals surface area (Å²) < 4.78 is 28.6. The number of sulfonamides is 1. The van der Waals surface area contributed by atoms with Gasteiger partial charge in [0.05, 0.1) is 6.20 Å². The molecule has 0 atom stereocenters. The molecule has 0 saturated carbocycles. The summed E-state index contributed by atoms with van der Waals surface area (Å²) in [4.78, 5) is 10.4. The number of aryl methyl sites for hydroxylation is 1. The minimum Gasteiger partial charge on any atom is -0.480 e. The number of rotatable bonds is 5. The third-order valence-electron chi connectivity index (χ3n) is 2.17. The Morgan fingerprint density at radius 2 is 2.26 bits per heavy atom. The molecule has 10 heteroatoms. The third kappa shape index (κ3) is 3.10. The third-order valence-corrected chi connectivity index (χ3v) is 3.48. The average molecular weight is 285 g/mol. The highest BCUT2D eigenvalue weighted by atomic mass is 32.2. The van der Waals surface area contributed by atoms with E-state index in [1.807, 2.05) is 0 Å². The maximum atomic E-state index is 11.9. The van der Waals surface area contributed by atoms with Crippen LogP contribution >= 0.6 is 0 Å². The Labute approximate surface area is 108 Å². The van der Waals surface area contributed by atoms with Crippen molar-refractivity contribution in [3.8, 4) is 0 Å². The first-order valence-corrected chi connectivity index (χ1v) is 6.62. The predicted octanol–water partition coefficient (Wildman–Crippen LogP) is -0.498. The molecule has 0 aliphatic heterocycles. The van der Waals surface area contributed by atoms with E-state index in [9.17, 15) is 13.2 Å². The molecular weight excluding hydrogens is 274 g/mol. The summed E-state index contributed by atoms with van der Waals surface area (Å²) in [6.45, 7) is -0.404. The van der Waals surface area contributed by atoms with Crippen LogP contribution in [-0.2, 0) is 28.4 Å². The fourth-order valence-electron chi connectivity index (χ4n) is 1.37. The lowest BCUT2D eigenvalue weighted by Gasteiger charge is -2.01. The average Bonchev–Trinajstić information content (AvgIpc) is 2.87. The highest BCUT2D eigenvalue weighted by Gasteiger charge is 2.18. The van der Waals surface area contributed by atoms with Gasteiger partial charge in [-0.2, -0.15) is 10.2 Å². The van der Waals surface area contributed by atoms with E-state index in [-0.39, 0.29) is 10.7 Å². The van der Waals surface area contributed by atoms with Crippen molar-refractivity contribution in [1.82, 2.24) is 19.6 Å². The Morgan fingerprint density at radius 3 is 2.84 bits per heavy atom. The number of carbonyl (C=O) groups is 1. The second-order valence-electron chi connectivity index (χ2n) is 3.75. The molecule has 2 rings (SSSR count). The zero-order valence-corrected chi connectivity index (χ0v) is 10.7. The molecule has 9 nitrogen and oxygen atoms in total. The van der Waals surface area contributed by atoms with Gasteiger partial charge in [-0.1, -0.05) is 0 Å². The molecule has 0 saturated heterocycles. The van der Waals surface area contributed by atoms with Crippen molar-refractivity contribution in [2.45, 2.75) is 11.4 Å². The van der Waals surface area contributed by atoms with Crippen LogP contribution in [0.2, 0.25) is 0 Å². The number of aromatic nitrogens is 4. The topological polar surface area (TPSA) is 119 Å². The first-order valence-electron chi connectivity index (χ1n) is 5.13. The SMILES string of the molecule is Cn1ccc(NS(=O)(=O)c2cnn(CC(=O)O)c2)n1. The van der Waals surface area contributed by atoms with Crippen LogP contribution in [-0.4, -0.2) is 39.1 Å². The normalized spacial score (nSPS) is 11.4. The predicted molar refractivity (Wildman–Crippen MR) is 63.9 cm³/mol. The Bertz CT molecular complexity index is 702. The van der Waals surface area contributed by atoms with E-state index in [2.05, 4.69) is 14.9 Å². The summed E-state index contributed by atoms with van der Waals surface area (Å²) in [5.74, 6) is -0.932. The maximum Gasteiger partial charge on any atom is 0.325 e. The lowest BCUT2D eigenvalue weighted by atomic mass is 10.6.